The monoisotopic (exact) mass is 281 g/mol. The van der Waals surface area contributed by atoms with Gasteiger partial charge in [-0.05, 0) is 38.7 Å². The molecule has 0 bridgehead atoms. The molecule has 0 aliphatic heterocycles. The second-order valence-electron chi connectivity index (χ2n) is 5.06. The number of carbonyl (C=O) groups is 1. The van der Waals surface area contributed by atoms with Gasteiger partial charge in [0.1, 0.15) is 0 Å². The molecule has 0 heterocycles. The van der Waals surface area contributed by atoms with Gasteiger partial charge >= 0.3 is 0 Å². The van der Waals surface area contributed by atoms with Crippen LogP contribution in [-0.2, 0) is 11.2 Å². The quantitative estimate of drug-likeness (QED) is 0.662. The Morgan fingerprint density at radius 3 is 2.47 bits per heavy atom. The minimum Gasteiger partial charge on any atom is -0.340 e. The van der Waals surface area contributed by atoms with Crippen LogP contribution in [0.1, 0.15) is 38.7 Å². The topological polar surface area (TPSA) is 20.3 Å². The Kier molecular flexibility index (Phi) is 7.57. The summed E-state index contributed by atoms with van der Waals surface area (Å²) in [5.41, 5.74) is 1.30. The molecule has 0 radical (unpaired) electrons. The highest BCUT2D eigenvalue weighted by atomic mass is 35.5. The molecule has 0 saturated carbocycles. The van der Waals surface area contributed by atoms with E-state index in [1.54, 1.807) is 0 Å². The van der Waals surface area contributed by atoms with Gasteiger partial charge in [-0.3, -0.25) is 4.79 Å². The number of hydrogen-bond donors (Lipinski definition) is 0. The highest BCUT2D eigenvalue weighted by molar-refractivity contribution is 6.17. The first-order valence-corrected chi connectivity index (χ1v) is 7.58. The minimum absolute atomic E-state index is 0.246. The van der Waals surface area contributed by atoms with Gasteiger partial charge in [-0.2, -0.15) is 0 Å². The van der Waals surface area contributed by atoms with Crippen molar-refractivity contribution in [3.63, 3.8) is 0 Å². The molecule has 3 heteroatoms. The lowest BCUT2D eigenvalue weighted by molar-refractivity contribution is -0.133. The zero-order valence-corrected chi connectivity index (χ0v) is 12.7. The van der Waals surface area contributed by atoms with Gasteiger partial charge < -0.3 is 4.90 Å². The first kappa shape index (κ1) is 16.0. The van der Waals surface area contributed by atoms with Gasteiger partial charge in [0.15, 0.2) is 0 Å². The Bertz CT molecular complexity index is 364. The molecule has 0 aromatic heterocycles. The van der Waals surface area contributed by atoms with E-state index in [0.29, 0.717) is 12.3 Å². The Hall–Kier alpha value is -1.02. The number of carbonyl (C=O) groups excluding carboxylic acids is 1. The van der Waals surface area contributed by atoms with Gasteiger partial charge in [0, 0.05) is 24.9 Å². The molecule has 19 heavy (non-hydrogen) atoms. The van der Waals surface area contributed by atoms with Crippen molar-refractivity contribution in [3.05, 3.63) is 35.9 Å². The van der Waals surface area contributed by atoms with Gasteiger partial charge in [0.2, 0.25) is 5.91 Å². The molecule has 0 saturated heterocycles. The van der Waals surface area contributed by atoms with E-state index < -0.39 is 0 Å². The zero-order valence-electron chi connectivity index (χ0n) is 11.9. The lowest BCUT2D eigenvalue weighted by atomic mass is 10.1. The summed E-state index contributed by atoms with van der Waals surface area (Å²) in [6.45, 7) is 4.89. The summed E-state index contributed by atoms with van der Waals surface area (Å²) in [5.74, 6) is 0.858. The number of halogens is 1. The Labute approximate surface area is 121 Å². The number of aryl methyl sites for hydroxylation is 1. The van der Waals surface area contributed by atoms with Gasteiger partial charge in [-0.15, -0.1) is 11.6 Å². The minimum atomic E-state index is 0.246. The molecule has 0 atom stereocenters. The van der Waals surface area contributed by atoms with Crippen LogP contribution in [0.3, 0.4) is 0 Å². The summed E-state index contributed by atoms with van der Waals surface area (Å²) in [4.78, 5) is 14.1. The third-order valence-corrected chi connectivity index (χ3v) is 3.44. The molecule has 0 fully saturated rings. The van der Waals surface area contributed by atoms with E-state index in [-0.39, 0.29) is 11.9 Å². The molecule has 0 unspecified atom stereocenters. The molecule has 0 N–H and O–H groups in total. The third kappa shape index (κ3) is 6.11. The molecular weight excluding hydrogens is 258 g/mol. The molecule has 1 aromatic carbocycles. The maximum Gasteiger partial charge on any atom is 0.222 e. The molecule has 1 amide bonds. The van der Waals surface area contributed by atoms with Crippen molar-refractivity contribution < 1.29 is 4.79 Å². The predicted molar refractivity (Wildman–Crippen MR) is 81.6 cm³/mol. The average molecular weight is 282 g/mol. The van der Waals surface area contributed by atoms with Crippen LogP contribution < -0.4 is 0 Å². The maximum absolute atomic E-state index is 12.2. The summed E-state index contributed by atoms with van der Waals surface area (Å²) in [6, 6.07) is 10.6. The third-order valence-electron chi connectivity index (χ3n) is 3.18. The number of benzene rings is 1. The molecule has 0 aliphatic carbocycles. The fraction of sp³-hybridized carbons (Fsp3) is 0.562. The number of rotatable bonds is 8. The molecule has 0 spiro atoms. The van der Waals surface area contributed by atoms with Crippen molar-refractivity contribution in [2.24, 2.45) is 0 Å². The largest absolute Gasteiger partial charge is 0.340 e. The van der Waals surface area contributed by atoms with E-state index in [1.165, 1.54) is 5.56 Å². The molecular formula is C16H24ClNO. The van der Waals surface area contributed by atoms with E-state index in [4.69, 9.17) is 11.6 Å². The second kappa shape index (κ2) is 8.98. The summed E-state index contributed by atoms with van der Waals surface area (Å²) >= 11 is 5.70. The summed E-state index contributed by atoms with van der Waals surface area (Å²) in [7, 11) is 0. The summed E-state index contributed by atoms with van der Waals surface area (Å²) in [5, 5.41) is 0. The van der Waals surface area contributed by atoms with Crippen LogP contribution in [0.25, 0.3) is 0 Å². The molecule has 2 nitrogen and oxygen atoms in total. The molecule has 106 valence electrons. The molecule has 1 rings (SSSR count). The van der Waals surface area contributed by atoms with Crippen molar-refractivity contribution in [1.82, 2.24) is 4.90 Å². The van der Waals surface area contributed by atoms with Crippen molar-refractivity contribution >= 4 is 17.5 Å². The Morgan fingerprint density at radius 2 is 1.89 bits per heavy atom. The van der Waals surface area contributed by atoms with E-state index in [1.807, 2.05) is 23.1 Å². The van der Waals surface area contributed by atoms with Crippen LogP contribution in [-0.4, -0.2) is 29.3 Å². The smallest absolute Gasteiger partial charge is 0.222 e. The molecule has 1 aromatic rings. The standard InChI is InChI=1S/C16H24ClNO/c1-14(2)18(13-7-12-17)16(19)11-6-10-15-8-4-3-5-9-15/h3-5,8-9,14H,6-7,10-13H2,1-2H3. The van der Waals surface area contributed by atoms with Gasteiger partial charge in [-0.25, -0.2) is 0 Å². The average Bonchev–Trinajstić information content (AvgIpc) is 2.40. The predicted octanol–water partition coefficient (Wildman–Crippen LogP) is 3.88. The summed E-state index contributed by atoms with van der Waals surface area (Å²) < 4.78 is 0. The molecule has 0 aliphatic rings. The van der Waals surface area contributed by atoms with E-state index in [2.05, 4.69) is 26.0 Å². The second-order valence-corrected chi connectivity index (χ2v) is 5.44. The number of nitrogens with zero attached hydrogens (tertiary/aromatic N) is 1. The number of alkyl halides is 1. The van der Waals surface area contributed by atoms with E-state index in [0.717, 1.165) is 25.8 Å². The normalized spacial score (nSPS) is 10.7. The SMILES string of the molecule is CC(C)N(CCCCl)C(=O)CCCc1ccccc1. The highest BCUT2D eigenvalue weighted by Gasteiger charge is 2.15. The Morgan fingerprint density at radius 1 is 1.21 bits per heavy atom. The van der Waals surface area contributed by atoms with Crippen LogP contribution in [0.5, 0.6) is 0 Å². The van der Waals surface area contributed by atoms with Crippen LogP contribution in [0.4, 0.5) is 0 Å². The van der Waals surface area contributed by atoms with Gasteiger partial charge in [-0.1, -0.05) is 30.3 Å². The zero-order chi connectivity index (χ0) is 14.1. The van der Waals surface area contributed by atoms with E-state index in [9.17, 15) is 4.79 Å². The lowest BCUT2D eigenvalue weighted by Gasteiger charge is -2.26. The van der Waals surface area contributed by atoms with Gasteiger partial charge in [0.05, 0.1) is 0 Å². The summed E-state index contributed by atoms with van der Waals surface area (Å²) in [6.07, 6.45) is 3.36. The van der Waals surface area contributed by atoms with Crippen molar-refractivity contribution in [1.29, 1.82) is 0 Å². The van der Waals surface area contributed by atoms with Crippen LogP contribution in [0.2, 0.25) is 0 Å². The number of hydrogen-bond acceptors (Lipinski definition) is 1. The van der Waals surface area contributed by atoms with Gasteiger partial charge in [0.25, 0.3) is 0 Å². The van der Waals surface area contributed by atoms with Crippen LogP contribution in [0, 0.1) is 0 Å². The fourth-order valence-corrected chi connectivity index (χ4v) is 2.25. The van der Waals surface area contributed by atoms with Crippen molar-refractivity contribution in [3.8, 4) is 0 Å². The van der Waals surface area contributed by atoms with E-state index >= 15 is 0 Å². The van der Waals surface area contributed by atoms with Crippen LogP contribution >= 0.6 is 11.6 Å². The lowest BCUT2D eigenvalue weighted by Crippen LogP contribution is -2.37. The maximum atomic E-state index is 12.2. The van der Waals surface area contributed by atoms with Crippen molar-refractivity contribution in [2.45, 2.75) is 45.6 Å². The first-order valence-electron chi connectivity index (χ1n) is 7.04. The highest BCUT2D eigenvalue weighted by Crippen LogP contribution is 2.09. The number of amides is 1. The Balaban J connectivity index is 2.35. The van der Waals surface area contributed by atoms with Crippen LogP contribution in [0.15, 0.2) is 30.3 Å². The first-order chi connectivity index (χ1) is 9.15. The fourth-order valence-electron chi connectivity index (χ4n) is 2.13. The van der Waals surface area contributed by atoms with Crippen molar-refractivity contribution in [2.75, 3.05) is 12.4 Å².